The fourth-order valence-corrected chi connectivity index (χ4v) is 1.87. The van der Waals surface area contributed by atoms with Gasteiger partial charge in [0.15, 0.2) is 0 Å². The summed E-state index contributed by atoms with van der Waals surface area (Å²) in [7, 11) is 0. The minimum Gasteiger partial charge on any atom is -0.772 e. The van der Waals surface area contributed by atoms with Gasteiger partial charge in [0.1, 0.15) is 5.82 Å². The van der Waals surface area contributed by atoms with E-state index in [1.807, 2.05) is 0 Å². The number of halogens is 2. The summed E-state index contributed by atoms with van der Waals surface area (Å²) in [5.74, 6) is -0.615. The summed E-state index contributed by atoms with van der Waals surface area (Å²) in [6, 6.07) is 4.30. The van der Waals surface area contributed by atoms with Crippen molar-refractivity contribution in [1.29, 1.82) is 0 Å². The van der Waals surface area contributed by atoms with Gasteiger partial charge in [0.25, 0.3) is 0 Å². The van der Waals surface area contributed by atoms with Crippen LogP contribution in [0.25, 0.3) is 0 Å². The van der Waals surface area contributed by atoms with Gasteiger partial charge in [0.05, 0.1) is 4.47 Å². The number of rotatable bonds is 2. The van der Waals surface area contributed by atoms with Gasteiger partial charge in [-0.15, -0.1) is 0 Å². The molecule has 13 heavy (non-hydrogen) atoms. The molecule has 0 saturated carbocycles. The van der Waals surface area contributed by atoms with Gasteiger partial charge < -0.3 is 4.55 Å². The number of benzene rings is 1. The molecular weight excluding hydrogens is 270 g/mol. The molecule has 1 atom stereocenters. The van der Waals surface area contributed by atoms with Crippen LogP contribution in [0.4, 0.5) is 4.39 Å². The van der Waals surface area contributed by atoms with Gasteiger partial charge in [-0.05, 0) is 27.6 Å². The molecule has 0 aliphatic heterocycles. The van der Waals surface area contributed by atoms with E-state index in [2.05, 4.69) is 15.9 Å². The molecule has 0 radical (unpaired) electrons. The minimum absolute atomic E-state index is 0. The number of hydrogen-bond donors (Lipinski definition) is 0. The Hall–Kier alpha value is 0.740. The van der Waals surface area contributed by atoms with Crippen LogP contribution in [-0.2, 0) is 16.8 Å². The largest absolute Gasteiger partial charge is 1.00 e. The summed E-state index contributed by atoms with van der Waals surface area (Å²) in [5.41, 5.74) is 0.434. The van der Waals surface area contributed by atoms with Crippen molar-refractivity contribution in [2.24, 2.45) is 0 Å². The first kappa shape index (κ1) is 13.7. The van der Waals surface area contributed by atoms with Crippen molar-refractivity contribution in [3.8, 4) is 0 Å². The molecule has 1 aromatic rings. The zero-order chi connectivity index (χ0) is 9.14. The van der Waals surface area contributed by atoms with E-state index in [0.717, 1.165) is 0 Å². The number of hydrogen-bond acceptors (Lipinski definition) is 2. The van der Waals surface area contributed by atoms with Gasteiger partial charge >= 0.3 is 29.6 Å². The molecule has 0 aromatic heterocycles. The molecule has 0 aliphatic rings. The average molecular weight is 275 g/mol. The topological polar surface area (TPSA) is 40.1 Å². The summed E-state index contributed by atoms with van der Waals surface area (Å²) >= 11 is 0.779. The smallest absolute Gasteiger partial charge is 0.772 e. The van der Waals surface area contributed by atoms with E-state index in [4.69, 9.17) is 0 Å². The van der Waals surface area contributed by atoms with E-state index in [1.165, 1.54) is 12.1 Å². The summed E-state index contributed by atoms with van der Waals surface area (Å²) < 4.78 is 33.6. The molecule has 0 amide bonds. The first-order chi connectivity index (χ1) is 5.61. The van der Waals surface area contributed by atoms with E-state index < -0.39 is 16.9 Å². The van der Waals surface area contributed by atoms with Crippen LogP contribution < -0.4 is 29.6 Å². The van der Waals surface area contributed by atoms with Crippen molar-refractivity contribution in [1.82, 2.24) is 0 Å². The molecule has 1 unspecified atom stereocenters. The Morgan fingerprint density at radius 2 is 2.15 bits per heavy atom. The zero-order valence-electron chi connectivity index (χ0n) is 6.92. The maximum atomic E-state index is 12.8. The van der Waals surface area contributed by atoms with Crippen LogP contribution in [0.1, 0.15) is 5.56 Å². The van der Waals surface area contributed by atoms with Crippen LogP contribution >= 0.6 is 15.9 Å². The molecule has 0 fully saturated rings. The summed E-state index contributed by atoms with van der Waals surface area (Å²) in [4.78, 5) is 0. The fraction of sp³-hybridized carbons (Fsp3) is 0.143. The van der Waals surface area contributed by atoms with Crippen LogP contribution in [-0.4, -0.2) is 8.76 Å². The predicted octanol–water partition coefficient (Wildman–Crippen LogP) is -1.03. The quantitative estimate of drug-likeness (QED) is 0.511. The van der Waals surface area contributed by atoms with E-state index in [-0.39, 0.29) is 39.8 Å². The van der Waals surface area contributed by atoms with Crippen molar-refractivity contribution in [3.05, 3.63) is 34.1 Å². The van der Waals surface area contributed by atoms with Crippen LogP contribution in [0.5, 0.6) is 0 Å². The molecule has 2 nitrogen and oxygen atoms in total. The van der Waals surface area contributed by atoms with Crippen molar-refractivity contribution in [2.45, 2.75) is 5.75 Å². The van der Waals surface area contributed by atoms with Gasteiger partial charge in [-0.3, -0.25) is 4.21 Å². The SMILES string of the molecule is O=S([O-])Cc1cccc(F)c1Br.[Na+]. The standard InChI is InChI=1S/C7H6BrFO2S.Na/c8-7-5(4-12(10)11)2-1-3-6(7)9;/h1-3H,4H2,(H,10,11);/q;+1/p-1. The van der Waals surface area contributed by atoms with E-state index >= 15 is 0 Å². The van der Waals surface area contributed by atoms with Gasteiger partial charge in [0, 0.05) is 5.75 Å². The third kappa shape index (κ3) is 4.18. The molecule has 0 aliphatic carbocycles. The average Bonchev–Trinajstić information content (AvgIpc) is 1.98. The zero-order valence-corrected chi connectivity index (χ0v) is 11.3. The van der Waals surface area contributed by atoms with Crippen molar-refractivity contribution >= 4 is 27.0 Å². The third-order valence-electron chi connectivity index (χ3n) is 1.30. The van der Waals surface area contributed by atoms with Crippen molar-refractivity contribution < 1.29 is 42.7 Å². The molecule has 0 spiro atoms. The van der Waals surface area contributed by atoms with Gasteiger partial charge in [-0.2, -0.15) is 0 Å². The molecule has 0 saturated heterocycles. The predicted molar refractivity (Wildman–Crippen MR) is 46.7 cm³/mol. The molecule has 0 bridgehead atoms. The fourth-order valence-electron chi connectivity index (χ4n) is 0.787. The second kappa shape index (κ2) is 6.27. The van der Waals surface area contributed by atoms with Gasteiger partial charge in [-0.25, -0.2) is 4.39 Å². The Morgan fingerprint density at radius 3 is 2.69 bits per heavy atom. The summed E-state index contributed by atoms with van der Waals surface area (Å²) in [6.07, 6.45) is 0. The maximum Gasteiger partial charge on any atom is 1.00 e. The molecule has 1 rings (SSSR count). The molecule has 0 N–H and O–H groups in total. The third-order valence-corrected chi connectivity index (χ3v) is 2.74. The van der Waals surface area contributed by atoms with Crippen LogP contribution in [0.3, 0.4) is 0 Å². The van der Waals surface area contributed by atoms with E-state index in [9.17, 15) is 13.2 Å². The van der Waals surface area contributed by atoms with E-state index in [0.29, 0.717) is 5.56 Å². The minimum atomic E-state index is -2.18. The van der Waals surface area contributed by atoms with Crippen molar-refractivity contribution in [2.75, 3.05) is 0 Å². The molecule has 1 aromatic carbocycles. The monoisotopic (exact) mass is 274 g/mol. The molecule has 0 heterocycles. The Labute approximate surface area is 109 Å². The van der Waals surface area contributed by atoms with E-state index in [1.54, 1.807) is 6.07 Å². The van der Waals surface area contributed by atoms with Gasteiger partial charge in [-0.1, -0.05) is 23.2 Å². The maximum absolute atomic E-state index is 12.8. The van der Waals surface area contributed by atoms with Crippen LogP contribution in [0.2, 0.25) is 0 Å². The summed E-state index contributed by atoms with van der Waals surface area (Å²) in [6.45, 7) is 0. The Kier molecular flexibility index (Phi) is 6.62. The normalized spacial score (nSPS) is 11.9. The molecular formula is C7H5BrFNaO2S. The second-order valence-corrected chi connectivity index (χ2v) is 3.85. The van der Waals surface area contributed by atoms with Crippen molar-refractivity contribution in [3.63, 3.8) is 0 Å². The summed E-state index contributed by atoms with van der Waals surface area (Å²) in [5, 5.41) is 0. The second-order valence-electron chi connectivity index (χ2n) is 2.16. The Balaban J connectivity index is 0.00000144. The first-order valence-electron chi connectivity index (χ1n) is 3.10. The molecule has 66 valence electrons. The molecule has 6 heteroatoms. The van der Waals surface area contributed by atoms with Crippen LogP contribution in [0, 0.1) is 5.82 Å². The van der Waals surface area contributed by atoms with Gasteiger partial charge in [0.2, 0.25) is 0 Å². The first-order valence-corrected chi connectivity index (χ1v) is 5.13. The Morgan fingerprint density at radius 1 is 1.54 bits per heavy atom. The van der Waals surface area contributed by atoms with Crippen LogP contribution in [0.15, 0.2) is 22.7 Å². The Bertz CT molecular complexity index is 321.